The predicted octanol–water partition coefficient (Wildman–Crippen LogP) is 8.12. The Balaban J connectivity index is -0.000000278. The van der Waals surface area contributed by atoms with Crippen LogP contribution in [0.1, 0.15) is 63.7 Å². The summed E-state index contributed by atoms with van der Waals surface area (Å²) >= 11 is 0. The molecule has 0 bridgehead atoms. The zero-order valence-electron chi connectivity index (χ0n) is 24.1. The van der Waals surface area contributed by atoms with Gasteiger partial charge in [-0.05, 0) is 36.4 Å². The van der Waals surface area contributed by atoms with E-state index in [-0.39, 0.29) is 66.5 Å². The SMILES string of the molecule is C.C.C.C.NCc1ccccc1O.O=Cc1ccccc1O.OCc1ccccc1O.Oc1ccccc1CNCc1ccccc1O.[HH]. The second-order valence-electron chi connectivity index (χ2n) is 9.16. The van der Waals surface area contributed by atoms with Crippen molar-refractivity contribution in [2.24, 2.45) is 5.73 Å². The molecule has 9 nitrogen and oxygen atoms in total. The number of phenolic OH excluding ortho intramolecular Hbond substituents is 4. The molecule has 5 aromatic carbocycles. The molecule has 0 aliphatic heterocycles. The molecule has 0 aliphatic rings. The topological polar surface area (TPSA) is 176 Å². The number of aliphatic hydroxyl groups excluding tert-OH is 1. The first-order chi connectivity index (χ1) is 21.3. The van der Waals surface area contributed by atoms with Crippen molar-refractivity contribution < 1.29 is 36.9 Å². The Hall–Kier alpha value is -5.35. The molecule has 0 aliphatic carbocycles. The normalized spacial score (nSPS) is 8.88. The maximum atomic E-state index is 10.1. The van der Waals surface area contributed by atoms with Gasteiger partial charge in [-0.1, -0.05) is 115 Å². The van der Waals surface area contributed by atoms with Gasteiger partial charge in [0.25, 0.3) is 0 Å². The van der Waals surface area contributed by atoms with Gasteiger partial charge in [0, 0.05) is 43.3 Å². The van der Waals surface area contributed by atoms with Crippen LogP contribution in [0.15, 0.2) is 121 Å². The monoisotopic (exact) mass is 664 g/mol. The van der Waals surface area contributed by atoms with Crippen LogP contribution < -0.4 is 11.1 Å². The van der Waals surface area contributed by atoms with E-state index in [9.17, 15) is 15.0 Å². The van der Waals surface area contributed by atoms with E-state index in [4.69, 9.17) is 26.2 Å². The Morgan fingerprint density at radius 1 is 0.500 bits per heavy atom. The fourth-order valence-electron chi connectivity index (χ4n) is 3.57. The molecule has 0 atom stereocenters. The molecule has 0 spiro atoms. The van der Waals surface area contributed by atoms with E-state index in [1.807, 2.05) is 30.3 Å². The third-order valence-corrected chi connectivity index (χ3v) is 6.05. The van der Waals surface area contributed by atoms with Crippen LogP contribution in [0, 0.1) is 0 Å². The van der Waals surface area contributed by atoms with Crippen LogP contribution in [0.4, 0.5) is 0 Å². The Morgan fingerprint density at radius 3 is 1.06 bits per heavy atom. The number of carbonyl (C=O) groups is 1. The first kappa shape index (κ1) is 47.1. The number of aliphatic hydroxyl groups is 1. The summed E-state index contributed by atoms with van der Waals surface area (Å²) in [6.07, 6.45) is 0.620. The van der Waals surface area contributed by atoms with Crippen LogP contribution >= 0.6 is 0 Å². The maximum Gasteiger partial charge on any atom is 0.153 e. The highest BCUT2D eigenvalue weighted by molar-refractivity contribution is 5.78. The molecular formula is C39H56N2O7. The van der Waals surface area contributed by atoms with Crippen molar-refractivity contribution in [2.45, 2.75) is 55.9 Å². The summed E-state index contributed by atoms with van der Waals surface area (Å²) in [5.74, 6) is 1.04. The van der Waals surface area contributed by atoms with Gasteiger partial charge in [0.2, 0.25) is 0 Å². The smallest absolute Gasteiger partial charge is 0.153 e. The van der Waals surface area contributed by atoms with Crippen molar-refractivity contribution in [2.75, 3.05) is 0 Å². The molecule has 9 N–H and O–H groups in total. The van der Waals surface area contributed by atoms with E-state index in [0.29, 0.717) is 37.0 Å². The van der Waals surface area contributed by atoms with Crippen molar-refractivity contribution in [1.29, 1.82) is 0 Å². The number of carbonyl (C=O) groups excluding carboxylic acids is 1. The van der Waals surface area contributed by atoms with Crippen LogP contribution in [0.5, 0.6) is 28.7 Å². The van der Waals surface area contributed by atoms with Crippen molar-refractivity contribution >= 4 is 6.29 Å². The van der Waals surface area contributed by atoms with Crippen LogP contribution in [0.2, 0.25) is 0 Å². The quantitative estimate of drug-likeness (QED) is 0.0798. The van der Waals surface area contributed by atoms with Gasteiger partial charge < -0.3 is 41.7 Å². The lowest BCUT2D eigenvalue weighted by Gasteiger charge is -2.07. The minimum absolute atomic E-state index is 0. The van der Waals surface area contributed by atoms with Gasteiger partial charge in [-0.3, -0.25) is 4.79 Å². The number of aromatic hydroxyl groups is 5. The third-order valence-electron chi connectivity index (χ3n) is 6.05. The minimum atomic E-state index is -0.104. The molecule has 0 saturated carbocycles. The molecule has 0 radical (unpaired) electrons. The van der Waals surface area contributed by atoms with Crippen LogP contribution in [0.25, 0.3) is 0 Å². The number of nitrogens with one attached hydrogen (secondary N) is 1. The largest absolute Gasteiger partial charge is 0.508 e. The van der Waals surface area contributed by atoms with E-state index in [1.54, 1.807) is 84.9 Å². The van der Waals surface area contributed by atoms with E-state index < -0.39 is 0 Å². The number of hydrogen-bond acceptors (Lipinski definition) is 9. The first-order valence-corrected chi connectivity index (χ1v) is 13.6. The lowest BCUT2D eigenvalue weighted by molar-refractivity contribution is 0.112. The van der Waals surface area contributed by atoms with Crippen molar-refractivity contribution in [1.82, 2.24) is 5.32 Å². The molecule has 5 aromatic rings. The summed E-state index contributed by atoms with van der Waals surface area (Å²) in [5.41, 5.74) is 8.68. The average molecular weight is 665 g/mol. The van der Waals surface area contributed by atoms with Gasteiger partial charge >= 0.3 is 0 Å². The highest BCUT2D eigenvalue weighted by atomic mass is 16.3. The van der Waals surface area contributed by atoms with Gasteiger partial charge in [-0.15, -0.1) is 0 Å². The lowest BCUT2D eigenvalue weighted by Crippen LogP contribution is -2.12. The van der Waals surface area contributed by atoms with E-state index >= 15 is 0 Å². The minimum Gasteiger partial charge on any atom is -0.508 e. The zero-order valence-corrected chi connectivity index (χ0v) is 24.1. The fourth-order valence-corrected chi connectivity index (χ4v) is 3.57. The van der Waals surface area contributed by atoms with Gasteiger partial charge in [0.05, 0.1) is 12.2 Å². The van der Waals surface area contributed by atoms with Crippen LogP contribution in [-0.4, -0.2) is 36.9 Å². The van der Waals surface area contributed by atoms with Crippen LogP contribution in [-0.2, 0) is 26.2 Å². The predicted molar refractivity (Wildman–Crippen MR) is 199 cm³/mol. The second kappa shape index (κ2) is 26.8. The third kappa shape index (κ3) is 16.8. The summed E-state index contributed by atoms with van der Waals surface area (Å²) in [5, 5.41) is 57.7. The Kier molecular flexibility index (Phi) is 26.3. The molecule has 5 rings (SSSR count). The first-order valence-electron chi connectivity index (χ1n) is 13.6. The zero-order chi connectivity index (χ0) is 32.2. The second-order valence-corrected chi connectivity index (χ2v) is 9.16. The van der Waals surface area contributed by atoms with Crippen molar-refractivity contribution in [3.8, 4) is 28.7 Å². The Labute approximate surface area is 287 Å². The molecule has 264 valence electrons. The number of nitrogens with two attached hydrogens (primary N) is 1. The number of rotatable bonds is 7. The molecule has 0 aromatic heterocycles. The summed E-state index contributed by atoms with van der Waals surface area (Å²) < 4.78 is 0. The maximum absolute atomic E-state index is 10.1. The number of aldehydes is 1. The fraction of sp³-hybridized carbons (Fsp3) is 0.205. The molecule has 48 heavy (non-hydrogen) atoms. The summed E-state index contributed by atoms with van der Waals surface area (Å²) in [4.78, 5) is 10.1. The van der Waals surface area contributed by atoms with E-state index in [0.717, 1.165) is 16.7 Å². The summed E-state index contributed by atoms with van der Waals surface area (Å²) in [6, 6.07) is 34.6. The highest BCUT2D eigenvalue weighted by Gasteiger charge is 2.01. The molecule has 0 unspecified atom stereocenters. The summed E-state index contributed by atoms with van der Waals surface area (Å²) in [6.45, 7) is 1.43. The average Bonchev–Trinajstić information content (AvgIpc) is 3.04. The highest BCUT2D eigenvalue weighted by Crippen LogP contribution is 2.18. The molecule has 0 saturated heterocycles. The van der Waals surface area contributed by atoms with E-state index in [2.05, 4.69) is 5.32 Å². The molecular weight excluding hydrogens is 608 g/mol. The van der Waals surface area contributed by atoms with Gasteiger partial charge in [-0.2, -0.15) is 0 Å². The molecule has 0 heterocycles. The molecule has 0 amide bonds. The van der Waals surface area contributed by atoms with Gasteiger partial charge in [0.15, 0.2) is 6.29 Å². The Morgan fingerprint density at radius 2 is 0.812 bits per heavy atom. The standard InChI is InChI=1S/C14H15NO2.C7H9NO.C7H8O2.C7H6O2.4CH4.H2/c16-13-7-3-1-5-11(13)9-15-10-12-6-2-4-8-14(12)17;3*8-5-6-3-1-2-4-7(6)9;;;;;/h1-8,15-17H,9-10H2;1-4,9H,5,8H2;1-4,8-9H,5H2;1-5,9H;4*1H4;1H. The number of phenols is 5. The van der Waals surface area contributed by atoms with E-state index in [1.165, 1.54) is 6.07 Å². The Bertz CT molecular complexity index is 1480. The van der Waals surface area contributed by atoms with Crippen LogP contribution in [0.3, 0.4) is 0 Å². The molecule has 0 fully saturated rings. The number of hydrogen-bond donors (Lipinski definition) is 8. The lowest BCUT2D eigenvalue weighted by atomic mass is 10.1. The van der Waals surface area contributed by atoms with Crippen molar-refractivity contribution in [3.63, 3.8) is 0 Å². The molecule has 9 heteroatoms. The van der Waals surface area contributed by atoms with Gasteiger partial charge in [0.1, 0.15) is 28.7 Å². The number of para-hydroxylation sites is 5. The van der Waals surface area contributed by atoms with Crippen molar-refractivity contribution in [3.05, 3.63) is 149 Å². The summed E-state index contributed by atoms with van der Waals surface area (Å²) in [7, 11) is 0. The number of benzene rings is 5. The van der Waals surface area contributed by atoms with Gasteiger partial charge in [-0.25, -0.2) is 0 Å².